The quantitative estimate of drug-likeness (QED) is 0.862. The largest absolute Gasteiger partial charge is 0.354 e. The van der Waals surface area contributed by atoms with Crippen LogP contribution in [0.1, 0.15) is 82.1 Å². The monoisotopic (exact) mass is 364 g/mol. The normalized spacial score (nSPS) is 22.4. The van der Waals surface area contributed by atoms with Crippen LogP contribution in [0.3, 0.4) is 0 Å². The molecule has 0 bridgehead atoms. The maximum atomic E-state index is 13.1. The lowest BCUT2D eigenvalue weighted by Gasteiger charge is -2.35. The summed E-state index contributed by atoms with van der Waals surface area (Å²) >= 11 is 0. The summed E-state index contributed by atoms with van der Waals surface area (Å²) in [6.45, 7) is 1.91. The molecule has 0 aliphatic heterocycles. The highest BCUT2D eigenvalue weighted by molar-refractivity contribution is 6.04. The summed E-state index contributed by atoms with van der Waals surface area (Å²) in [6.07, 6.45) is 6.62. The molecule has 1 aromatic carbocycles. The fraction of sp³-hybridized carbons (Fsp3) is 0.478. The molecule has 0 spiro atoms. The van der Waals surface area contributed by atoms with Crippen molar-refractivity contribution in [2.24, 2.45) is 0 Å². The van der Waals surface area contributed by atoms with E-state index < -0.39 is 0 Å². The number of carbonyl (C=O) groups excluding carboxylic acids is 2. The van der Waals surface area contributed by atoms with Gasteiger partial charge in [0.25, 0.3) is 5.91 Å². The Hall–Kier alpha value is -2.36. The van der Waals surface area contributed by atoms with E-state index in [1.54, 1.807) is 0 Å². The SMILES string of the molecule is Cc1c(C(=O)N(C)C2CCC(c3ccccc3)CC2)[nH]c2c1C(=O)CCC2. The third-order valence-corrected chi connectivity index (χ3v) is 6.49. The minimum atomic E-state index is 0.0258. The topological polar surface area (TPSA) is 53.2 Å². The molecule has 27 heavy (non-hydrogen) atoms. The van der Waals surface area contributed by atoms with E-state index in [-0.39, 0.29) is 17.7 Å². The summed E-state index contributed by atoms with van der Waals surface area (Å²) in [6, 6.07) is 11.0. The predicted molar refractivity (Wildman–Crippen MR) is 106 cm³/mol. The number of rotatable bonds is 3. The molecule has 4 rings (SSSR count). The number of hydrogen-bond acceptors (Lipinski definition) is 2. The first-order valence-corrected chi connectivity index (χ1v) is 10.1. The number of benzene rings is 1. The zero-order chi connectivity index (χ0) is 19.0. The van der Waals surface area contributed by atoms with Crippen LogP contribution >= 0.6 is 0 Å². The number of aryl methyl sites for hydroxylation is 1. The zero-order valence-corrected chi connectivity index (χ0v) is 16.3. The highest BCUT2D eigenvalue weighted by Gasteiger charge is 2.31. The number of ketones is 1. The Morgan fingerprint density at radius 1 is 1.07 bits per heavy atom. The molecule has 2 aliphatic rings. The van der Waals surface area contributed by atoms with Crippen molar-refractivity contribution in [3.8, 4) is 0 Å². The van der Waals surface area contributed by atoms with Gasteiger partial charge in [-0.3, -0.25) is 9.59 Å². The maximum absolute atomic E-state index is 13.1. The first-order valence-electron chi connectivity index (χ1n) is 10.1. The maximum Gasteiger partial charge on any atom is 0.270 e. The van der Waals surface area contributed by atoms with Crippen LogP contribution in [0.4, 0.5) is 0 Å². The number of aromatic nitrogens is 1. The Morgan fingerprint density at radius 3 is 2.44 bits per heavy atom. The second-order valence-corrected chi connectivity index (χ2v) is 8.09. The number of nitrogens with one attached hydrogen (secondary N) is 1. The van der Waals surface area contributed by atoms with Crippen molar-refractivity contribution in [3.63, 3.8) is 0 Å². The van der Waals surface area contributed by atoms with E-state index in [2.05, 4.69) is 35.3 Å². The van der Waals surface area contributed by atoms with Crippen molar-refractivity contribution in [2.75, 3.05) is 7.05 Å². The summed E-state index contributed by atoms with van der Waals surface area (Å²) in [5.74, 6) is 0.802. The standard InChI is InChI=1S/C23H28N2O2/c1-15-21-19(9-6-10-20(21)26)24-22(15)23(27)25(2)18-13-11-17(12-14-18)16-7-4-3-5-8-16/h3-5,7-8,17-18,24H,6,9-14H2,1-2H3. The molecular weight excluding hydrogens is 336 g/mol. The van der Waals surface area contributed by atoms with Gasteiger partial charge >= 0.3 is 0 Å². The second kappa shape index (κ2) is 7.34. The summed E-state index contributed by atoms with van der Waals surface area (Å²) in [5.41, 5.74) is 4.59. The van der Waals surface area contributed by atoms with Gasteiger partial charge in [-0.05, 0) is 62.5 Å². The molecule has 1 aromatic heterocycles. The minimum absolute atomic E-state index is 0.0258. The van der Waals surface area contributed by atoms with Crippen LogP contribution in [0.15, 0.2) is 30.3 Å². The molecule has 1 fully saturated rings. The zero-order valence-electron chi connectivity index (χ0n) is 16.3. The minimum Gasteiger partial charge on any atom is -0.354 e. The van der Waals surface area contributed by atoms with Gasteiger partial charge in [0, 0.05) is 30.8 Å². The van der Waals surface area contributed by atoms with Gasteiger partial charge in [0.05, 0.1) is 0 Å². The number of nitrogens with zero attached hydrogens (tertiary/aromatic N) is 1. The van der Waals surface area contributed by atoms with Crippen LogP contribution in [-0.4, -0.2) is 34.7 Å². The van der Waals surface area contributed by atoms with Gasteiger partial charge in [-0.15, -0.1) is 0 Å². The molecule has 4 heteroatoms. The Labute approximate surface area is 161 Å². The number of fused-ring (bicyclic) bond motifs is 1. The summed E-state index contributed by atoms with van der Waals surface area (Å²) in [5, 5.41) is 0. The van der Waals surface area contributed by atoms with E-state index in [4.69, 9.17) is 0 Å². The average Bonchev–Trinajstić information content (AvgIpc) is 3.05. The molecule has 0 unspecified atom stereocenters. The molecule has 0 saturated heterocycles. The van der Waals surface area contributed by atoms with Crippen LogP contribution < -0.4 is 0 Å². The van der Waals surface area contributed by atoms with E-state index in [1.807, 2.05) is 18.9 Å². The number of H-pyrrole nitrogens is 1. The fourth-order valence-corrected chi connectivity index (χ4v) is 4.85. The lowest BCUT2D eigenvalue weighted by Crippen LogP contribution is -2.39. The van der Waals surface area contributed by atoms with Gasteiger partial charge in [0.2, 0.25) is 0 Å². The van der Waals surface area contributed by atoms with Crippen molar-refractivity contribution in [1.29, 1.82) is 0 Å². The van der Waals surface area contributed by atoms with Crippen molar-refractivity contribution >= 4 is 11.7 Å². The lowest BCUT2D eigenvalue weighted by atomic mass is 9.81. The van der Waals surface area contributed by atoms with Crippen LogP contribution in [0.2, 0.25) is 0 Å². The van der Waals surface area contributed by atoms with Crippen molar-refractivity contribution in [1.82, 2.24) is 9.88 Å². The molecule has 2 aliphatic carbocycles. The molecule has 142 valence electrons. The van der Waals surface area contributed by atoms with Crippen LogP contribution in [0, 0.1) is 6.92 Å². The summed E-state index contributed by atoms with van der Waals surface area (Å²) in [4.78, 5) is 30.5. The Balaban J connectivity index is 1.45. The highest BCUT2D eigenvalue weighted by atomic mass is 16.2. The Morgan fingerprint density at radius 2 is 1.78 bits per heavy atom. The van der Waals surface area contributed by atoms with E-state index >= 15 is 0 Å². The smallest absolute Gasteiger partial charge is 0.270 e. The Kier molecular flexibility index (Phi) is 4.90. The second-order valence-electron chi connectivity index (χ2n) is 8.09. The van der Waals surface area contributed by atoms with Crippen LogP contribution in [-0.2, 0) is 6.42 Å². The first-order chi connectivity index (χ1) is 13.1. The van der Waals surface area contributed by atoms with Gasteiger partial charge in [-0.1, -0.05) is 30.3 Å². The molecule has 1 N–H and O–H groups in total. The number of Topliss-reactive ketones (excluding diaryl/α,β-unsaturated/α-hetero) is 1. The molecule has 1 amide bonds. The Bertz CT molecular complexity index is 845. The molecule has 4 nitrogen and oxygen atoms in total. The van der Waals surface area contributed by atoms with Gasteiger partial charge in [0.1, 0.15) is 5.69 Å². The lowest BCUT2D eigenvalue weighted by molar-refractivity contribution is 0.0683. The summed E-state index contributed by atoms with van der Waals surface area (Å²) in [7, 11) is 1.91. The highest BCUT2D eigenvalue weighted by Crippen LogP contribution is 2.35. The molecule has 0 atom stereocenters. The van der Waals surface area contributed by atoms with Gasteiger partial charge < -0.3 is 9.88 Å². The third-order valence-electron chi connectivity index (χ3n) is 6.49. The van der Waals surface area contributed by atoms with Crippen molar-refractivity contribution in [2.45, 2.75) is 63.8 Å². The number of hydrogen-bond donors (Lipinski definition) is 1. The fourth-order valence-electron chi connectivity index (χ4n) is 4.85. The average molecular weight is 364 g/mol. The van der Waals surface area contributed by atoms with Crippen LogP contribution in [0.5, 0.6) is 0 Å². The molecule has 1 heterocycles. The van der Waals surface area contributed by atoms with E-state index in [0.29, 0.717) is 18.0 Å². The predicted octanol–water partition coefficient (Wildman–Crippen LogP) is 4.64. The summed E-state index contributed by atoms with van der Waals surface area (Å²) < 4.78 is 0. The number of amides is 1. The van der Waals surface area contributed by atoms with E-state index in [1.165, 1.54) is 5.56 Å². The van der Waals surface area contributed by atoms with Crippen molar-refractivity contribution < 1.29 is 9.59 Å². The molecular formula is C23H28N2O2. The number of carbonyl (C=O) groups is 2. The van der Waals surface area contributed by atoms with E-state index in [9.17, 15) is 9.59 Å². The van der Waals surface area contributed by atoms with Gasteiger partial charge in [-0.25, -0.2) is 0 Å². The van der Waals surface area contributed by atoms with Gasteiger partial charge in [-0.2, -0.15) is 0 Å². The number of aromatic amines is 1. The van der Waals surface area contributed by atoms with Crippen molar-refractivity contribution in [3.05, 3.63) is 58.4 Å². The van der Waals surface area contributed by atoms with Crippen LogP contribution in [0.25, 0.3) is 0 Å². The molecule has 1 saturated carbocycles. The van der Waals surface area contributed by atoms with Gasteiger partial charge in [0.15, 0.2) is 5.78 Å². The molecule has 2 aromatic rings. The molecule has 0 radical (unpaired) electrons. The third kappa shape index (κ3) is 3.33. The first kappa shape index (κ1) is 18.0. The van der Waals surface area contributed by atoms with E-state index in [0.717, 1.165) is 55.3 Å².